The molecule has 1 aliphatic heterocycles. The molecule has 0 spiro atoms. The van der Waals surface area contributed by atoms with Crippen LogP contribution in [0.5, 0.6) is 23.0 Å². The third-order valence-electron chi connectivity index (χ3n) is 12.7. The third kappa shape index (κ3) is 16.5. The van der Waals surface area contributed by atoms with Crippen LogP contribution in [0.3, 0.4) is 0 Å². The quantitative estimate of drug-likeness (QED) is 0.0418. The summed E-state index contributed by atoms with van der Waals surface area (Å²) < 4.78 is 20.4. The Morgan fingerprint density at radius 2 is 1.09 bits per heavy atom. The lowest BCUT2D eigenvalue weighted by Gasteiger charge is -2.23. The minimum Gasteiger partial charge on any atom is -0.508 e. The van der Waals surface area contributed by atoms with Gasteiger partial charge in [-0.3, -0.25) is 15.6 Å². The molecule has 69 heavy (non-hydrogen) atoms. The van der Waals surface area contributed by atoms with Crippen molar-refractivity contribution in [3.8, 4) is 23.0 Å². The molecule has 0 radical (unpaired) electrons. The van der Waals surface area contributed by atoms with E-state index in [4.69, 9.17) is 4.18 Å². The van der Waals surface area contributed by atoms with E-state index in [2.05, 4.69) is 67.5 Å². The minimum absolute atomic E-state index is 0.286. The molecule has 0 aromatic heterocycles. The van der Waals surface area contributed by atoms with Gasteiger partial charge in [-0.05, 0) is 172 Å². The van der Waals surface area contributed by atoms with Gasteiger partial charge in [-0.1, -0.05) is 138 Å². The molecule has 6 N–H and O–H groups in total. The molecule has 0 saturated heterocycles. The van der Waals surface area contributed by atoms with E-state index in [1.54, 1.807) is 5.12 Å². The molecule has 0 bridgehead atoms. The lowest BCUT2D eigenvalue weighted by Crippen LogP contribution is -2.29. The van der Waals surface area contributed by atoms with Crippen LogP contribution in [0.4, 0.5) is 22.7 Å². The average molecular weight is 955 g/mol. The Bertz CT molecular complexity index is 2480. The number of para-hydroxylation sites is 2. The van der Waals surface area contributed by atoms with E-state index in [0.29, 0.717) is 23.2 Å². The normalized spacial score (nSPS) is 11.9. The second kappa shape index (κ2) is 27.2. The molecule has 10 heteroatoms. The third-order valence-corrected chi connectivity index (χ3v) is 13.5. The fourth-order valence-electron chi connectivity index (χ4n) is 8.69. The highest BCUT2D eigenvalue weighted by Crippen LogP contribution is 2.39. The zero-order chi connectivity index (χ0) is 49.9. The van der Waals surface area contributed by atoms with E-state index < -0.39 is 11.3 Å². The van der Waals surface area contributed by atoms with Gasteiger partial charge in [0, 0.05) is 11.6 Å². The summed E-state index contributed by atoms with van der Waals surface area (Å²) >= 11 is -1.60. The van der Waals surface area contributed by atoms with Crippen LogP contribution in [0.15, 0.2) is 109 Å². The van der Waals surface area contributed by atoms with Crippen LogP contribution in [0.25, 0.3) is 0 Å². The van der Waals surface area contributed by atoms with E-state index in [1.807, 2.05) is 120 Å². The van der Waals surface area contributed by atoms with Crippen molar-refractivity contribution in [1.29, 1.82) is 0 Å². The van der Waals surface area contributed by atoms with Crippen molar-refractivity contribution < 1.29 is 23.7 Å². The molecule has 6 aromatic rings. The fourth-order valence-corrected chi connectivity index (χ4v) is 9.35. The Morgan fingerprint density at radius 1 is 0.565 bits per heavy atom. The Labute approximate surface area is 416 Å². The number of phenols is 3. The van der Waals surface area contributed by atoms with Gasteiger partial charge in [0.2, 0.25) is 0 Å². The van der Waals surface area contributed by atoms with Crippen molar-refractivity contribution in [2.45, 2.75) is 152 Å². The number of benzene rings is 6. The van der Waals surface area contributed by atoms with Crippen molar-refractivity contribution in [2.24, 2.45) is 0 Å². The lowest BCUT2D eigenvalue weighted by atomic mass is 9.82. The van der Waals surface area contributed by atoms with E-state index in [-0.39, 0.29) is 5.75 Å². The minimum atomic E-state index is -1.60. The molecule has 0 amide bonds. The molecule has 0 aliphatic carbocycles. The van der Waals surface area contributed by atoms with Gasteiger partial charge in [0.25, 0.3) is 0 Å². The van der Waals surface area contributed by atoms with Gasteiger partial charge < -0.3 is 19.5 Å². The van der Waals surface area contributed by atoms with Gasteiger partial charge in [0.15, 0.2) is 0 Å². The van der Waals surface area contributed by atoms with E-state index in [0.717, 1.165) is 81.0 Å². The molecular weight excluding hydrogens is 877 g/mol. The second-order valence-corrected chi connectivity index (χ2v) is 19.6. The van der Waals surface area contributed by atoms with Gasteiger partial charge in [-0.2, -0.15) is 9.33 Å². The maximum Gasteiger partial charge on any atom is 0.316 e. The predicted octanol–water partition coefficient (Wildman–Crippen LogP) is 16.0. The number of unbranched alkanes of at least 4 members (excludes halogenated alkanes) is 9. The first-order valence-electron chi connectivity index (χ1n) is 25.0. The molecular formula is C59H78N4O5S. The number of anilines is 4. The number of hydrazine groups is 2. The van der Waals surface area contributed by atoms with Crippen molar-refractivity contribution in [3.63, 3.8) is 0 Å². The fraction of sp³-hybridized carbons (Fsp3) is 0.390. The molecule has 370 valence electrons. The Kier molecular flexibility index (Phi) is 21.2. The van der Waals surface area contributed by atoms with Crippen molar-refractivity contribution in [3.05, 3.63) is 165 Å². The number of nitrogens with zero attached hydrogens (tertiary/aromatic N) is 1. The van der Waals surface area contributed by atoms with E-state index in [1.165, 1.54) is 80.9 Å². The zero-order valence-corrected chi connectivity index (χ0v) is 43.5. The van der Waals surface area contributed by atoms with Gasteiger partial charge in [-0.15, -0.1) is 0 Å². The number of rotatable bonds is 20. The van der Waals surface area contributed by atoms with Crippen molar-refractivity contribution in [1.82, 2.24) is 0 Å². The summed E-state index contributed by atoms with van der Waals surface area (Å²) in [6, 6.07) is 35.4. The zero-order valence-electron chi connectivity index (χ0n) is 42.7. The Balaban J connectivity index is 0.000000199. The Hall–Kier alpha value is -6.13. The highest BCUT2D eigenvalue weighted by Gasteiger charge is 2.22. The van der Waals surface area contributed by atoms with Gasteiger partial charge >= 0.3 is 11.3 Å². The van der Waals surface area contributed by atoms with Crippen LogP contribution < -0.4 is 24.9 Å². The number of fused-ring (bicyclic) bond motifs is 1. The van der Waals surface area contributed by atoms with E-state index >= 15 is 0 Å². The molecule has 1 heterocycles. The largest absolute Gasteiger partial charge is 0.508 e. The summed E-state index contributed by atoms with van der Waals surface area (Å²) in [7, 11) is 0. The van der Waals surface area contributed by atoms with Crippen LogP contribution >= 0.6 is 0 Å². The molecule has 1 unspecified atom stereocenters. The molecule has 0 fully saturated rings. The van der Waals surface area contributed by atoms with E-state index in [9.17, 15) is 19.5 Å². The number of nitrogens with one attached hydrogen (secondary N) is 3. The van der Waals surface area contributed by atoms with Crippen LogP contribution in [0, 0.1) is 48.5 Å². The summed E-state index contributed by atoms with van der Waals surface area (Å²) in [5.41, 5.74) is 21.0. The first-order chi connectivity index (χ1) is 33.2. The maximum absolute atomic E-state index is 12.1. The molecule has 1 atom stereocenters. The van der Waals surface area contributed by atoms with Crippen LogP contribution in [-0.2, 0) is 17.7 Å². The number of hydrogen-bond donors (Lipinski definition) is 6. The topological polar surface area (TPSA) is 126 Å². The Morgan fingerprint density at radius 3 is 1.61 bits per heavy atom. The lowest BCUT2D eigenvalue weighted by molar-refractivity contribution is 0.469. The molecule has 0 saturated carbocycles. The monoisotopic (exact) mass is 955 g/mol. The molecule has 6 aromatic carbocycles. The van der Waals surface area contributed by atoms with Crippen molar-refractivity contribution in [2.75, 3.05) is 20.7 Å². The van der Waals surface area contributed by atoms with Gasteiger partial charge in [0.1, 0.15) is 28.7 Å². The number of hydrogen-bond acceptors (Lipinski definition) is 8. The molecule has 7 rings (SSSR count). The smallest absolute Gasteiger partial charge is 0.316 e. The van der Waals surface area contributed by atoms with Crippen molar-refractivity contribution >= 4 is 34.0 Å². The summed E-state index contributed by atoms with van der Waals surface area (Å²) in [6.45, 7) is 18.4. The first kappa shape index (κ1) is 53.8. The highest BCUT2D eigenvalue weighted by molar-refractivity contribution is 7.81. The summed E-state index contributed by atoms with van der Waals surface area (Å²) in [5.74, 6) is 1.89. The summed E-state index contributed by atoms with van der Waals surface area (Å²) in [4.78, 5) is 0. The first-order valence-corrected chi connectivity index (χ1v) is 26.1. The number of phenolic OH excluding ortho intramolecular Hbond substituents is 3. The van der Waals surface area contributed by atoms with Crippen LogP contribution in [0.2, 0.25) is 0 Å². The second-order valence-electron chi connectivity index (χ2n) is 18.7. The molecule has 1 aliphatic rings. The van der Waals surface area contributed by atoms with Crippen LogP contribution in [0.1, 0.15) is 152 Å². The SMILES string of the molecule is CCCC(c1cc(C)c(O)cc1C)c1cc(C)c(O)cc1C.CCCCCCCCCCCCc1ccc(NS(=O)Oc2ccc(C)cc2)cc1.Cc1cc(C)c(O)c(N2Nc3ccccc3N2)c1. The average Bonchev–Trinajstić information content (AvgIpc) is 3.76. The standard InChI is InChI=1S/C25H37NO2S.C20H26O2.C14H15N3O/c1-3-4-5-6-7-8-9-10-11-12-13-23-16-18-24(19-17-23)26-29(27)28-25-20-14-22(2)15-21-25;1-6-7-16(17-8-14(4)19(21)10-12(17)2)18-9-15(5)20(22)11-13(18)3;1-9-7-10(2)14(18)13(8-9)17-15-11-5-3-4-6-12(11)16-17/h14-21,26H,3-13H2,1-2H3;8-11,16,21-22H,6-7H2,1-5H3;3-8,15-16,18H,1-2H3. The number of aryl methyl sites for hydroxylation is 8. The van der Waals surface area contributed by atoms with Gasteiger partial charge in [0.05, 0.1) is 11.4 Å². The highest BCUT2D eigenvalue weighted by atomic mass is 32.2. The summed E-state index contributed by atoms with van der Waals surface area (Å²) in [5, 5.41) is 31.7. The van der Waals surface area contributed by atoms with Crippen LogP contribution in [-0.4, -0.2) is 19.5 Å². The molecule has 9 nitrogen and oxygen atoms in total. The predicted molar refractivity (Wildman–Crippen MR) is 291 cm³/mol. The summed E-state index contributed by atoms with van der Waals surface area (Å²) in [6.07, 6.45) is 16.9. The van der Waals surface area contributed by atoms with Gasteiger partial charge in [-0.25, -0.2) is 0 Å². The number of aromatic hydroxyl groups is 3. The maximum atomic E-state index is 12.1.